The topological polar surface area (TPSA) is 202 Å². The fourth-order valence-corrected chi connectivity index (χ4v) is 12.3. The Morgan fingerprint density at radius 2 is 1.63 bits per heavy atom. The highest BCUT2D eigenvalue weighted by Crippen LogP contribution is 2.49. The number of hydrogen-bond acceptors (Lipinski definition) is 16. The fraction of sp³-hybridized carbons (Fsp3) is 0.843. The average molecular weight is 963 g/mol. The van der Waals surface area contributed by atoms with Crippen LogP contribution in [0.15, 0.2) is 24.3 Å². The number of fused-ring (bicyclic) bond motifs is 3. The van der Waals surface area contributed by atoms with E-state index in [0.717, 1.165) is 11.3 Å². The second-order valence-electron chi connectivity index (χ2n) is 22.2. The third-order valence-corrected chi connectivity index (χ3v) is 16.9. The number of cyclic esters (lactones) is 1. The SMILES string of the molecule is CC[C@H]1OC(=O)[C@H](C)[C@@H](O[C@H]2C[C@@](C)(OC)[C@@](O)(CN(C)CCN(C)C(C)(C)c3ccccc3OC)[C@H](C)O2)[C@H](C)[C@@H](O[C@@H]2O[C@H](C)C[C@H](N)[C@H]2O)[C@@]2(C)C[C@@H](C)C(O2)[C@H](C)[C@H]2NC(=O)O[C@@]21C. The van der Waals surface area contributed by atoms with Gasteiger partial charge < -0.3 is 68.8 Å². The maximum absolute atomic E-state index is 14.7. The predicted octanol–water partition coefficient (Wildman–Crippen LogP) is 4.95. The monoisotopic (exact) mass is 963 g/mol. The van der Waals surface area contributed by atoms with Crippen LogP contribution in [0.25, 0.3) is 0 Å². The minimum Gasteiger partial charge on any atom is -0.496 e. The van der Waals surface area contributed by atoms with Crippen molar-refractivity contribution < 1.29 is 62.4 Å². The van der Waals surface area contributed by atoms with Gasteiger partial charge in [-0.05, 0) is 101 Å². The number of rotatable bonds is 14. The van der Waals surface area contributed by atoms with E-state index in [9.17, 15) is 19.8 Å². The molecule has 388 valence electrons. The minimum atomic E-state index is -1.50. The highest BCUT2D eigenvalue weighted by Gasteiger charge is 2.62. The number of benzene rings is 1. The zero-order chi connectivity index (χ0) is 50.5. The summed E-state index contributed by atoms with van der Waals surface area (Å²) in [6.45, 7) is 25.0. The molecule has 2 bridgehead atoms. The third kappa shape index (κ3) is 10.3. The fourth-order valence-electron chi connectivity index (χ4n) is 12.3. The molecule has 0 radical (unpaired) electrons. The Morgan fingerprint density at radius 3 is 2.28 bits per heavy atom. The quantitative estimate of drug-likeness (QED) is 0.182. The lowest BCUT2D eigenvalue weighted by atomic mass is 9.74. The number of methoxy groups -OCH3 is 2. The summed E-state index contributed by atoms with van der Waals surface area (Å²) in [6, 6.07) is 6.88. The van der Waals surface area contributed by atoms with Gasteiger partial charge in [-0.25, -0.2) is 4.79 Å². The molecule has 17 heteroatoms. The Hall–Kier alpha value is -2.68. The first-order valence-corrected chi connectivity index (χ1v) is 24.9. The van der Waals surface area contributed by atoms with Crippen molar-refractivity contribution in [2.75, 3.05) is 47.9 Å². The van der Waals surface area contributed by atoms with Crippen LogP contribution in [0.2, 0.25) is 0 Å². The Morgan fingerprint density at radius 1 is 0.956 bits per heavy atom. The van der Waals surface area contributed by atoms with Crippen LogP contribution in [0.3, 0.4) is 0 Å². The molecule has 68 heavy (non-hydrogen) atoms. The second-order valence-corrected chi connectivity index (χ2v) is 22.2. The van der Waals surface area contributed by atoms with Gasteiger partial charge in [0.25, 0.3) is 0 Å². The standard InChI is InChI=1S/C51H86N4O13/c1-17-37-50(12)42(53-46(58)68-50)30(4)40-28(2)25-48(10,67-40)43(66-45-39(56)35(52)24-29(3)62-45)31(5)41(32(6)44(57)64-37)65-38-26-49(11,61-16)51(59,33(7)63-38)27-54(13)22-23-55(14)47(8,9)34-20-18-19-21-36(34)60-15/h18-21,28-33,35,37-43,45,56,59H,17,22-27,52H2,1-16H3,(H,53,58)/t28-,29-,30+,31+,32-,33+,35+,37-,38+,39-,40?,41+,42-,43-,45+,48-,49-,50-,51-/m1/s1. The number of nitrogens with one attached hydrogen (secondary N) is 1. The highest BCUT2D eigenvalue weighted by atomic mass is 16.7. The molecule has 1 unspecified atom stereocenters. The predicted molar refractivity (Wildman–Crippen MR) is 255 cm³/mol. The van der Waals surface area contributed by atoms with Crippen molar-refractivity contribution >= 4 is 12.1 Å². The summed E-state index contributed by atoms with van der Waals surface area (Å²) in [5, 5.41) is 27.2. The van der Waals surface area contributed by atoms with Gasteiger partial charge in [0, 0.05) is 62.1 Å². The van der Waals surface area contributed by atoms with E-state index in [1.807, 2.05) is 80.6 Å². The molecule has 0 aliphatic carbocycles. The maximum Gasteiger partial charge on any atom is 0.408 e. The molecule has 5 aliphatic heterocycles. The number of carbonyl (C=O) groups is 2. The summed E-state index contributed by atoms with van der Waals surface area (Å²) < 4.78 is 58.6. The number of esters is 1. The Kier molecular flexibility index (Phi) is 16.7. The van der Waals surface area contributed by atoms with Crippen LogP contribution in [0.4, 0.5) is 4.79 Å². The van der Waals surface area contributed by atoms with Crippen LogP contribution < -0.4 is 15.8 Å². The molecule has 5 fully saturated rings. The van der Waals surface area contributed by atoms with E-state index in [4.69, 9.17) is 48.4 Å². The third-order valence-electron chi connectivity index (χ3n) is 16.9. The molecular weight excluding hydrogens is 877 g/mol. The first kappa shape index (κ1) is 54.6. The number of nitrogens with two attached hydrogens (primary N) is 1. The molecule has 17 nitrogen and oxygen atoms in total. The number of alkyl carbamates (subject to hydrolysis) is 1. The smallest absolute Gasteiger partial charge is 0.408 e. The van der Waals surface area contributed by atoms with Crippen LogP contribution >= 0.6 is 0 Å². The number of ether oxygens (including phenoxy) is 9. The van der Waals surface area contributed by atoms with Crippen molar-refractivity contribution in [3.05, 3.63) is 29.8 Å². The number of aliphatic hydroxyl groups excluding tert-OH is 1. The lowest BCUT2D eigenvalue weighted by Gasteiger charge is -2.54. The van der Waals surface area contributed by atoms with E-state index in [0.29, 0.717) is 32.4 Å². The van der Waals surface area contributed by atoms with Crippen LogP contribution in [0.5, 0.6) is 5.75 Å². The number of hydrogen-bond donors (Lipinski definition) is 4. The molecular formula is C51H86N4O13. The Labute approximate surface area is 405 Å². The average Bonchev–Trinajstić information content (AvgIpc) is 3.78. The van der Waals surface area contributed by atoms with Crippen molar-refractivity contribution in [1.82, 2.24) is 15.1 Å². The van der Waals surface area contributed by atoms with Gasteiger partial charge in [0.1, 0.15) is 29.2 Å². The summed E-state index contributed by atoms with van der Waals surface area (Å²) in [6.07, 6.45) is -6.42. The van der Waals surface area contributed by atoms with Gasteiger partial charge in [-0.2, -0.15) is 0 Å². The van der Waals surface area contributed by atoms with E-state index < -0.39 is 101 Å². The first-order valence-electron chi connectivity index (χ1n) is 24.9. The van der Waals surface area contributed by atoms with E-state index in [2.05, 4.69) is 49.0 Å². The van der Waals surface area contributed by atoms with E-state index >= 15 is 0 Å². The first-order chi connectivity index (χ1) is 31.7. The van der Waals surface area contributed by atoms with Gasteiger partial charge in [0.15, 0.2) is 18.2 Å². The van der Waals surface area contributed by atoms with Crippen LogP contribution in [0, 0.1) is 23.7 Å². The van der Waals surface area contributed by atoms with Crippen molar-refractivity contribution in [3.63, 3.8) is 0 Å². The Bertz CT molecular complexity index is 1900. The lowest BCUT2D eigenvalue weighted by Crippen LogP contribution is -2.70. The summed E-state index contributed by atoms with van der Waals surface area (Å²) in [7, 11) is 7.32. The molecule has 5 heterocycles. The largest absolute Gasteiger partial charge is 0.496 e. The number of aliphatic hydroxyl groups is 2. The summed E-state index contributed by atoms with van der Waals surface area (Å²) in [5.41, 5.74) is 2.26. The van der Waals surface area contributed by atoms with Crippen molar-refractivity contribution in [1.29, 1.82) is 0 Å². The Balaban J connectivity index is 1.30. The summed E-state index contributed by atoms with van der Waals surface area (Å²) in [4.78, 5) is 32.2. The van der Waals surface area contributed by atoms with E-state index in [1.165, 1.54) is 0 Å². The second kappa shape index (κ2) is 20.8. The normalized spacial score (nSPS) is 43.8. The van der Waals surface area contributed by atoms with Gasteiger partial charge in [0.05, 0.1) is 55.2 Å². The van der Waals surface area contributed by atoms with Gasteiger partial charge in [-0.1, -0.05) is 45.9 Å². The summed E-state index contributed by atoms with van der Waals surface area (Å²) >= 11 is 0. The van der Waals surface area contributed by atoms with Crippen molar-refractivity contribution in [2.24, 2.45) is 29.4 Å². The molecule has 1 aromatic carbocycles. The summed E-state index contributed by atoms with van der Waals surface area (Å²) in [5.74, 6) is -1.61. The van der Waals surface area contributed by atoms with Gasteiger partial charge in [-0.3, -0.25) is 9.69 Å². The van der Waals surface area contributed by atoms with Crippen LogP contribution in [-0.4, -0.2) is 170 Å². The maximum atomic E-state index is 14.7. The zero-order valence-electron chi connectivity index (χ0n) is 43.8. The van der Waals surface area contributed by atoms with Crippen molar-refractivity contribution in [2.45, 2.75) is 204 Å². The molecule has 5 saturated heterocycles. The molecule has 0 aromatic heterocycles. The number of likely N-dealkylation sites (N-methyl/N-ethyl adjacent to an activating group) is 2. The van der Waals surface area contributed by atoms with Gasteiger partial charge in [0.2, 0.25) is 0 Å². The molecule has 5 aliphatic rings. The molecule has 1 aromatic rings. The van der Waals surface area contributed by atoms with Crippen LogP contribution in [0.1, 0.15) is 114 Å². The molecule has 19 atom stereocenters. The lowest BCUT2D eigenvalue weighted by molar-refractivity contribution is -0.338. The van der Waals surface area contributed by atoms with Crippen LogP contribution in [-0.2, 0) is 48.2 Å². The number of para-hydroxylation sites is 1. The van der Waals surface area contributed by atoms with E-state index in [-0.39, 0.29) is 42.5 Å². The zero-order valence-corrected chi connectivity index (χ0v) is 43.8. The molecule has 6 rings (SSSR count). The highest BCUT2D eigenvalue weighted by molar-refractivity contribution is 5.74. The molecule has 5 N–H and O–H groups in total. The molecule has 0 spiro atoms. The number of amides is 1. The molecule has 0 saturated carbocycles. The van der Waals surface area contributed by atoms with Gasteiger partial charge in [-0.15, -0.1) is 0 Å². The van der Waals surface area contributed by atoms with Gasteiger partial charge >= 0.3 is 12.1 Å². The molecule has 1 amide bonds. The number of carbonyl (C=O) groups excluding carboxylic acids is 2. The minimum absolute atomic E-state index is 0.0178. The van der Waals surface area contributed by atoms with E-state index in [1.54, 1.807) is 21.1 Å². The number of nitrogens with zero attached hydrogens (tertiary/aromatic N) is 2. The van der Waals surface area contributed by atoms with Crippen molar-refractivity contribution in [3.8, 4) is 5.75 Å².